The third-order valence-corrected chi connectivity index (χ3v) is 6.02. The molecule has 1 aliphatic heterocycles. The van der Waals surface area contributed by atoms with Gasteiger partial charge in [-0.3, -0.25) is 14.5 Å². The average molecular weight is 444 g/mol. The van der Waals surface area contributed by atoms with E-state index in [2.05, 4.69) is 10.2 Å². The summed E-state index contributed by atoms with van der Waals surface area (Å²) in [5.74, 6) is 0.482. The van der Waals surface area contributed by atoms with Gasteiger partial charge in [-0.1, -0.05) is 36.4 Å². The molecule has 2 amide bonds. The van der Waals surface area contributed by atoms with E-state index < -0.39 is 0 Å². The lowest BCUT2D eigenvalue weighted by Gasteiger charge is -2.34. The second kappa shape index (κ2) is 8.96. The Bertz CT molecular complexity index is 1310. The van der Waals surface area contributed by atoms with Crippen LogP contribution in [0, 0.1) is 0 Å². The molecule has 1 saturated heterocycles. The van der Waals surface area contributed by atoms with E-state index in [9.17, 15) is 9.59 Å². The van der Waals surface area contributed by atoms with Crippen LogP contribution < -0.4 is 10.1 Å². The maximum Gasteiger partial charge on any atom is 0.253 e. The summed E-state index contributed by atoms with van der Waals surface area (Å²) in [6.45, 7) is 2.72. The van der Waals surface area contributed by atoms with Crippen LogP contribution >= 0.6 is 0 Å². The first-order chi connectivity index (χ1) is 16.1. The Morgan fingerprint density at radius 1 is 0.909 bits per heavy atom. The Kier molecular flexibility index (Phi) is 5.71. The van der Waals surface area contributed by atoms with Crippen molar-refractivity contribution in [1.29, 1.82) is 0 Å². The molecule has 4 aromatic rings. The van der Waals surface area contributed by atoms with E-state index in [1.165, 1.54) is 0 Å². The number of hydrogen-bond acceptors (Lipinski definition) is 5. The number of rotatable bonds is 5. The number of methoxy groups -OCH3 is 1. The maximum absolute atomic E-state index is 12.8. The van der Waals surface area contributed by atoms with E-state index in [1.54, 1.807) is 7.11 Å². The van der Waals surface area contributed by atoms with Gasteiger partial charge >= 0.3 is 0 Å². The molecule has 168 valence electrons. The number of ether oxygens (including phenoxy) is 1. The van der Waals surface area contributed by atoms with Crippen molar-refractivity contribution in [1.82, 2.24) is 9.80 Å². The molecule has 7 heteroatoms. The molecule has 0 saturated carbocycles. The van der Waals surface area contributed by atoms with Gasteiger partial charge in [0.1, 0.15) is 16.9 Å². The predicted octanol–water partition coefficient (Wildman–Crippen LogP) is 3.99. The van der Waals surface area contributed by atoms with Gasteiger partial charge < -0.3 is 19.4 Å². The molecule has 1 fully saturated rings. The number of benzene rings is 3. The van der Waals surface area contributed by atoms with Gasteiger partial charge in [0.25, 0.3) is 5.91 Å². The van der Waals surface area contributed by atoms with Gasteiger partial charge in [0.05, 0.1) is 19.3 Å². The highest BCUT2D eigenvalue weighted by molar-refractivity contribution is 6.07. The average Bonchev–Trinajstić information content (AvgIpc) is 3.21. The molecule has 0 bridgehead atoms. The number of piperazine rings is 1. The summed E-state index contributed by atoms with van der Waals surface area (Å²) in [6.07, 6.45) is 0. The fourth-order valence-electron chi connectivity index (χ4n) is 4.28. The molecule has 0 unspecified atom stereocenters. The number of nitrogens with zero attached hydrogens (tertiary/aromatic N) is 2. The van der Waals surface area contributed by atoms with Gasteiger partial charge in [-0.15, -0.1) is 0 Å². The van der Waals surface area contributed by atoms with Crippen LogP contribution in [0.3, 0.4) is 0 Å². The third-order valence-electron chi connectivity index (χ3n) is 6.02. The molecule has 7 nitrogen and oxygen atoms in total. The fraction of sp³-hybridized carbons (Fsp3) is 0.231. The SMILES string of the molecule is COc1cc2c(cc1NC(=O)CN1CCN(C(=O)c3ccccc3)CC1)oc1ccccc12. The lowest BCUT2D eigenvalue weighted by Crippen LogP contribution is -2.50. The Morgan fingerprint density at radius 2 is 1.64 bits per heavy atom. The molecule has 1 N–H and O–H groups in total. The molecule has 2 heterocycles. The summed E-state index contributed by atoms with van der Waals surface area (Å²) >= 11 is 0. The molecule has 1 aromatic heterocycles. The highest BCUT2D eigenvalue weighted by Crippen LogP contribution is 2.36. The lowest BCUT2D eigenvalue weighted by molar-refractivity contribution is -0.117. The zero-order chi connectivity index (χ0) is 22.8. The van der Waals surface area contributed by atoms with E-state index >= 15 is 0 Å². The number of hydrogen-bond donors (Lipinski definition) is 1. The van der Waals surface area contributed by atoms with Gasteiger partial charge in [0.15, 0.2) is 0 Å². The van der Waals surface area contributed by atoms with Crippen molar-refractivity contribution in [3.63, 3.8) is 0 Å². The topological polar surface area (TPSA) is 75.0 Å². The minimum absolute atomic E-state index is 0.0311. The smallest absolute Gasteiger partial charge is 0.253 e. The van der Waals surface area contributed by atoms with Crippen LogP contribution in [0.15, 0.2) is 71.1 Å². The van der Waals surface area contributed by atoms with Crippen LogP contribution in [-0.4, -0.2) is 61.4 Å². The van der Waals surface area contributed by atoms with Crippen molar-refractivity contribution in [2.45, 2.75) is 0 Å². The van der Waals surface area contributed by atoms with Gasteiger partial charge in [-0.25, -0.2) is 0 Å². The van der Waals surface area contributed by atoms with Crippen LogP contribution in [0.5, 0.6) is 5.75 Å². The maximum atomic E-state index is 12.8. The van der Waals surface area contributed by atoms with E-state index in [4.69, 9.17) is 9.15 Å². The fourth-order valence-corrected chi connectivity index (χ4v) is 4.28. The first-order valence-electron chi connectivity index (χ1n) is 11.0. The summed E-state index contributed by atoms with van der Waals surface area (Å²) in [4.78, 5) is 29.3. The molecular weight excluding hydrogens is 418 g/mol. The molecule has 5 rings (SSSR count). The number of carbonyl (C=O) groups excluding carboxylic acids is 2. The number of para-hydroxylation sites is 1. The van der Waals surface area contributed by atoms with Crippen molar-refractivity contribution in [2.24, 2.45) is 0 Å². The first kappa shape index (κ1) is 21.0. The zero-order valence-corrected chi connectivity index (χ0v) is 18.4. The number of anilines is 1. The summed E-state index contributed by atoms with van der Waals surface area (Å²) < 4.78 is 11.5. The van der Waals surface area contributed by atoms with Crippen LogP contribution in [0.4, 0.5) is 5.69 Å². The minimum atomic E-state index is -0.133. The summed E-state index contributed by atoms with van der Waals surface area (Å²) in [6, 6.07) is 20.8. The largest absolute Gasteiger partial charge is 0.495 e. The summed E-state index contributed by atoms with van der Waals surface area (Å²) in [5, 5.41) is 4.91. The summed E-state index contributed by atoms with van der Waals surface area (Å²) in [5.41, 5.74) is 2.75. The van der Waals surface area contributed by atoms with Crippen LogP contribution in [0.25, 0.3) is 21.9 Å². The standard InChI is InChI=1S/C26H25N3O4/c1-32-24-15-20-19-9-5-6-10-22(19)33-23(20)16-21(24)27-25(30)17-28-11-13-29(14-12-28)26(31)18-7-3-2-4-8-18/h2-10,15-16H,11-14,17H2,1H3,(H,27,30). The second-order valence-corrected chi connectivity index (χ2v) is 8.13. The van der Waals surface area contributed by atoms with Gasteiger partial charge in [0.2, 0.25) is 5.91 Å². The first-order valence-corrected chi connectivity index (χ1v) is 11.0. The molecule has 0 radical (unpaired) electrons. The van der Waals surface area contributed by atoms with Crippen molar-refractivity contribution < 1.29 is 18.7 Å². The highest BCUT2D eigenvalue weighted by atomic mass is 16.5. The number of carbonyl (C=O) groups is 2. The minimum Gasteiger partial charge on any atom is -0.495 e. The molecule has 33 heavy (non-hydrogen) atoms. The second-order valence-electron chi connectivity index (χ2n) is 8.13. The van der Waals surface area contributed by atoms with E-state index in [0.717, 1.165) is 16.4 Å². The third kappa shape index (κ3) is 4.27. The van der Waals surface area contributed by atoms with Crippen molar-refractivity contribution in [3.05, 3.63) is 72.3 Å². The van der Waals surface area contributed by atoms with Crippen LogP contribution in [0.1, 0.15) is 10.4 Å². The van der Waals surface area contributed by atoms with E-state index in [-0.39, 0.29) is 18.4 Å². The molecule has 3 aromatic carbocycles. The Balaban J connectivity index is 1.23. The molecule has 0 spiro atoms. The van der Waals surface area contributed by atoms with Gasteiger partial charge in [0, 0.05) is 48.6 Å². The van der Waals surface area contributed by atoms with Gasteiger partial charge in [-0.2, -0.15) is 0 Å². The Hall–Kier alpha value is -3.84. The van der Waals surface area contributed by atoms with Crippen LogP contribution in [0.2, 0.25) is 0 Å². The van der Waals surface area contributed by atoms with Crippen molar-refractivity contribution >= 4 is 39.4 Å². The number of furan rings is 1. The predicted molar refractivity (Wildman–Crippen MR) is 128 cm³/mol. The van der Waals surface area contributed by atoms with Crippen molar-refractivity contribution in [3.8, 4) is 5.75 Å². The van der Waals surface area contributed by atoms with Gasteiger partial charge in [-0.05, 0) is 24.3 Å². The normalized spacial score (nSPS) is 14.5. The summed E-state index contributed by atoms with van der Waals surface area (Å²) in [7, 11) is 1.59. The van der Waals surface area contributed by atoms with E-state index in [0.29, 0.717) is 48.8 Å². The highest BCUT2D eigenvalue weighted by Gasteiger charge is 2.23. The Morgan fingerprint density at radius 3 is 2.39 bits per heavy atom. The van der Waals surface area contributed by atoms with Crippen LogP contribution in [-0.2, 0) is 4.79 Å². The Labute approximate surface area is 191 Å². The lowest BCUT2D eigenvalue weighted by atomic mass is 10.1. The number of amides is 2. The zero-order valence-electron chi connectivity index (χ0n) is 18.4. The van der Waals surface area contributed by atoms with E-state index in [1.807, 2.05) is 71.6 Å². The monoisotopic (exact) mass is 443 g/mol. The quantitative estimate of drug-likeness (QED) is 0.505. The molecule has 0 aliphatic carbocycles. The molecule has 0 atom stereocenters. The number of nitrogens with one attached hydrogen (secondary N) is 1. The van der Waals surface area contributed by atoms with Crippen molar-refractivity contribution in [2.75, 3.05) is 45.2 Å². The molecule has 1 aliphatic rings. The molecular formula is C26H25N3O4. The number of fused-ring (bicyclic) bond motifs is 3.